The lowest BCUT2D eigenvalue weighted by Crippen LogP contribution is -2.42. The van der Waals surface area contributed by atoms with Crippen LogP contribution in [-0.4, -0.2) is 27.5 Å². The zero-order chi connectivity index (χ0) is 16.8. The molecule has 1 heterocycles. The van der Waals surface area contributed by atoms with Crippen LogP contribution < -0.4 is 10.9 Å². The Morgan fingerprint density at radius 2 is 1.70 bits per heavy atom. The summed E-state index contributed by atoms with van der Waals surface area (Å²) in [6, 6.07) is 8.21. The topological polar surface area (TPSA) is 84.0 Å². The smallest absolute Gasteiger partial charge is 0.269 e. The maximum absolute atomic E-state index is 11.8. The number of amides is 2. The summed E-state index contributed by atoms with van der Waals surface area (Å²) in [5.74, 6) is -0.660. The highest BCUT2D eigenvalue weighted by molar-refractivity contribution is 7.99. The SMILES string of the molecule is Cc1cc(C)nc(SCC(=O)NNC(=O)c2ccc(Cl)cc2)n1. The minimum atomic E-state index is -0.414. The lowest BCUT2D eigenvalue weighted by Gasteiger charge is -2.07. The third-order valence-electron chi connectivity index (χ3n) is 2.72. The zero-order valence-electron chi connectivity index (χ0n) is 12.6. The van der Waals surface area contributed by atoms with Crippen molar-refractivity contribution in [3.05, 3.63) is 52.3 Å². The van der Waals surface area contributed by atoms with Crippen LogP contribution in [-0.2, 0) is 4.79 Å². The molecule has 0 fully saturated rings. The van der Waals surface area contributed by atoms with Crippen LogP contribution in [0.15, 0.2) is 35.5 Å². The number of hydrogen-bond acceptors (Lipinski definition) is 5. The molecule has 23 heavy (non-hydrogen) atoms. The predicted octanol–water partition coefficient (Wildman–Crippen LogP) is 2.30. The number of carbonyl (C=O) groups excluding carboxylic acids is 2. The number of aryl methyl sites for hydroxylation is 2. The molecule has 1 aromatic carbocycles. The second-order valence-corrected chi connectivity index (χ2v) is 6.11. The first-order chi connectivity index (χ1) is 10.9. The molecule has 0 saturated carbocycles. The molecule has 0 unspecified atom stereocenters. The molecule has 8 heteroatoms. The van der Waals surface area contributed by atoms with Gasteiger partial charge in [0.1, 0.15) is 0 Å². The molecule has 0 aliphatic heterocycles. The molecule has 2 N–H and O–H groups in total. The van der Waals surface area contributed by atoms with Gasteiger partial charge in [-0.15, -0.1) is 0 Å². The summed E-state index contributed by atoms with van der Waals surface area (Å²) in [7, 11) is 0. The molecule has 2 aromatic rings. The van der Waals surface area contributed by atoms with Crippen molar-refractivity contribution in [1.29, 1.82) is 0 Å². The van der Waals surface area contributed by atoms with Crippen LogP contribution >= 0.6 is 23.4 Å². The van der Waals surface area contributed by atoms with Gasteiger partial charge in [-0.05, 0) is 44.2 Å². The van der Waals surface area contributed by atoms with Crippen molar-refractivity contribution in [1.82, 2.24) is 20.8 Å². The van der Waals surface area contributed by atoms with Gasteiger partial charge in [0, 0.05) is 22.0 Å². The quantitative estimate of drug-likeness (QED) is 0.502. The van der Waals surface area contributed by atoms with Gasteiger partial charge >= 0.3 is 0 Å². The van der Waals surface area contributed by atoms with E-state index in [-0.39, 0.29) is 11.7 Å². The number of hydrazine groups is 1. The molecule has 0 radical (unpaired) electrons. The third-order valence-corrected chi connectivity index (χ3v) is 3.82. The van der Waals surface area contributed by atoms with Crippen molar-refractivity contribution < 1.29 is 9.59 Å². The third kappa shape index (κ3) is 5.54. The molecule has 120 valence electrons. The predicted molar refractivity (Wildman–Crippen MR) is 89.3 cm³/mol. The largest absolute Gasteiger partial charge is 0.272 e. The Morgan fingerprint density at radius 1 is 1.09 bits per heavy atom. The van der Waals surface area contributed by atoms with Crippen molar-refractivity contribution in [2.45, 2.75) is 19.0 Å². The number of nitrogens with one attached hydrogen (secondary N) is 2. The molecular formula is C15H15ClN4O2S. The van der Waals surface area contributed by atoms with Gasteiger partial charge < -0.3 is 0 Å². The van der Waals surface area contributed by atoms with E-state index in [1.165, 1.54) is 11.8 Å². The second kappa shape index (κ2) is 7.94. The number of carbonyl (C=O) groups is 2. The van der Waals surface area contributed by atoms with Gasteiger partial charge in [0.25, 0.3) is 5.91 Å². The lowest BCUT2D eigenvalue weighted by molar-refractivity contribution is -0.119. The summed E-state index contributed by atoms with van der Waals surface area (Å²) in [6.07, 6.45) is 0. The van der Waals surface area contributed by atoms with Crippen molar-refractivity contribution in [2.75, 3.05) is 5.75 Å². The summed E-state index contributed by atoms with van der Waals surface area (Å²) in [5.41, 5.74) is 6.78. The molecule has 0 atom stereocenters. The fourth-order valence-corrected chi connectivity index (χ4v) is 2.60. The fourth-order valence-electron chi connectivity index (χ4n) is 1.72. The Labute approximate surface area is 143 Å². The van der Waals surface area contributed by atoms with Gasteiger partial charge in [0.15, 0.2) is 5.16 Å². The van der Waals surface area contributed by atoms with Gasteiger partial charge in [0.05, 0.1) is 5.75 Å². The van der Waals surface area contributed by atoms with E-state index in [2.05, 4.69) is 20.8 Å². The van der Waals surface area contributed by atoms with Crippen LogP contribution in [0.5, 0.6) is 0 Å². The molecule has 0 bridgehead atoms. The average Bonchev–Trinajstić information content (AvgIpc) is 2.50. The molecule has 0 saturated heterocycles. The summed E-state index contributed by atoms with van der Waals surface area (Å²) >= 11 is 6.95. The maximum Gasteiger partial charge on any atom is 0.269 e. The van der Waals surface area contributed by atoms with Crippen LogP contribution in [0.3, 0.4) is 0 Å². The highest BCUT2D eigenvalue weighted by Crippen LogP contribution is 2.13. The van der Waals surface area contributed by atoms with Gasteiger partial charge in [-0.2, -0.15) is 0 Å². The monoisotopic (exact) mass is 350 g/mol. The van der Waals surface area contributed by atoms with Crippen LogP contribution in [0, 0.1) is 13.8 Å². The summed E-state index contributed by atoms with van der Waals surface area (Å²) in [6.45, 7) is 3.73. The first-order valence-electron chi connectivity index (χ1n) is 6.74. The van der Waals surface area contributed by atoms with Crippen molar-refractivity contribution in [2.24, 2.45) is 0 Å². The molecule has 0 aliphatic rings. The first-order valence-corrected chi connectivity index (χ1v) is 8.10. The lowest BCUT2D eigenvalue weighted by atomic mass is 10.2. The second-order valence-electron chi connectivity index (χ2n) is 4.73. The van der Waals surface area contributed by atoms with E-state index in [9.17, 15) is 9.59 Å². The van der Waals surface area contributed by atoms with Crippen molar-refractivity contribution in [3.63, 3.8) is 0 Å². The molecule has 0 aliphatic carbocycles. The van der Waals surface area contributed by atoms with Gasteiger partial charge in [-0.3, -0.25) is 20.4 Å². The molecular weight excluding hydrogens is 336 g/mol. The van der Waals surface area contributed by atoms with Gasteiger partial charge in [-0.1, -0.05) is 23.4 Å². The fraction of sp³-hybridized carbons (Fsp3) is 0.200. The molecule has 2 rings (SSSR count). The van der Waals surface area contributed by atoms with Crippen molar-refractivity contribution in [3.8, 4) is 0 Å². The van der Waals surface area contributed by atoms with E-state index < -0.39 is 5.91 Å². The van der Waals surface area contributed by atoms with Crippen LogP contribution in [0.1, 0.15) is 21.7 Å². The average molecular weight is 351 g/mol. The molecule has 2 amide bonds. The number of rotatable bonds is 4. The first kappa shape index (κ1) is 17.2. The van der Waals surface area contributed by atoms with E-state index in [1.807, 2.05) is 19.9 Å². The highest BCUT2D eigenvalue weighted by Gasteiger charge is 2.09. The Hall–Kier alpha value is -2.12. The minimum absolute atomic E-state index is 0.101. The molecule has 0 spiro atoms. The Bertz CT molecular complexity index is 702. The molecule has 6 nitrogen and oxygen atoms in total. The van der Waals surface area contributed by atoms with Crippen molar-refractivity contribution >= 4 is 35.2 Å². The number of nitrogens with zero attached hydrogens (tertiary/aromatic N) is 2. The number of benzene rings is 1. The Balaban J connectivity index is 1.80. The highest BCUT2D eigenvalue weighted by atomic mass is 35.5. The van der Waals surface area contributed by atoms with Gasteiger partial charge in [-0.25, -0.2) is 9.97 Å². The Morgan fingerprint density at radius 3 is 2.30 bits per heavy atom. The zero-order valence-corrected chi connectivity index (χ0v) is 14.2. The Kier molecular flexibility index (Phi) is 5.95. The van der Waals surface area contributed by atoms with E-state index in [0.717, 1.165) is 11.4 Å². The normalized spacial score (nSPS) is 10.2. The summed E-state index contributed by atoms with van der Waals surface area (Å²) < 4.78 is 0. The standard InChI is InChI=1S/C15H15ClN4O2S/c1-9-7-10(2)18-15(17-9)23-8-13(21)19-20-14(22)11-3-5-12(16)6-4-11/h3-7H,8H2,1-2H3,(H,19,21)(H,20,22). The number of halogens is 1. The van der Waals surface area contributed by atoms with E-state index in [1.54, 1.807) is 24.3 Å². The van der Waals surface area contributed by atoms with Crippen LogP contribution in [0.2, 0.25) is 5.02 Å². The maximum atomic E-state index is 11.8. The van der Waals surface area contributed by atoms with E-state index in [4.69, 9.17) is 11.6 Å². The van der Waals surface area contributed by atoms with Gasteiger partial charge in [0.2, 0.25) is 5.91 Å². The number of hydrogen-bond donors (Lipinski definition) is 2. The van der Waals surface area contributed by atoms with E-state index >= 15 is 0 Å². The number of thioether (sulfide) groups is 1. The minimum Gasteiger partial charge on any atom is -0.272 e. The number of aromatic nitrogens is 2. The van der Waals surface area contributed by atoms with Crippen LogP contribution in [0.25, 0.3) is 0 Å². The summed E-state index contributed by atoms with van der Waals surface area (Å²) in [5, 5.41) is 1.07. The summed E-state index contributed by atoms with van der Waals surface area (Å²) in [4.78, 5) is 32.0. The molecule has 1 aromatic heterocycles. The van der Waals surface area contributed by atoms with Crippen LogP contribution in [0.4, 0.5) is 0 Å². The van der Waals surface area contributed by atoms with E-state index in [0.29, 0.717) is 15.7 Å².